The lowest BCUT2D eigenvalue weighted by atomic mass is 10.1. The fraction of sp³-hybridized carbons (Fsp3) is 0.474. The predicted molar refractivity (Wildman–Crippen MR) is 107 cm³/mol. The summed E-state index contributed by atoms with van der Waals surface area (Å²) < 4.78 is 2.25. The number of para-hydroxylation sites is 1. The predicted octanol–water partition coefficient (Wildman–Crippen LogP) is 3.13. The maximum Gasteiger partial charge on any atom is 0.191 e. The Kier molecular flexibility index (Phi) is 5.68. The summed E-state index contributed by atoms with van der Waals surface area (Å²) in [6.07, 6.45) is 4.58. The van der Waals surface area contributed by atoms with Crippen molar-refractivity contribution in [3.05, 3.63) is 47.8 Å². The molecule has 5 nitrogen and oxygen atoms in total. The van der Waals surface area contributed by atoms with Crippen LogP contribution in [0.4, 0.5) is 0 Å². The van der Waals surface area contributed by atoms with Crippen molar-refractivity contribution < 1.29 is 0 Å². The van der Waals surface area contributed by atoms with Crippen LogP contribution < -0.4 is 10.6 Å². The number of benzene rings is 1. The molecule has 0 radical (unpaired) electrons. The first kappa shape index (κ1) is 17.9. The Morgan fingerprint density at radius 1 is 1.32 bits per heavy atom. The molecule has 1 aromatic heterocycles. The molecule has 2 N–H and O–H groups in total. The molecular formula is C19H27N5S. The van der Waals surface area contributed by atoms with E-state index < -0.39 is 0 Å². The maximum atomic E-state index is 4.53. The van der Waals surface area contributed by atoms with Crippen molar-refractivity contribution in [2.24, 2.45) is 4.99 Å². The van der Waals surface area contributed by atoms with E-state index in [-0.39, 0.29) is 0 Å². The monoisotopic (exact) mass is 357 g/mol. The Morgan fingerprint density at radius 3 is 2.84 bits per heavy atom. The van der Waals surface area contributed by atoms with Gasteiger partial charge in [0.15, 0.2) is 5.96 Å². The van der Waals surface area contributed by atoms with Gasteiger partial charge in [0, 0.05) is 31.1 Å². The summed E-state index contributed by atoms with van der Waals surface area (Å²) in [7, 11) is 1.82. The van der Waals surface area contributed by atoms with Gasteiger partial charge in [-0.05, 0) is 50.1 Å². The number of thioether (sulfide) groups is 1. The van der Waals surface area contributed by atoms with Crippen LogP contribution in [0.15, 0.2) is 41.5 Å². The molecule has 0 spiro atoms. The van der Waals surface area contributed by atoms with Crippen LogP contribution in [0.2, 0.25) is 0 Å². The fourth-order valence-electron chi connectivity index (χ4n) is 3.08. The number of rotatable bonds is 5. The molecule has 1 saturated heterocycles. The Bertz CT molecular complexity index is 731. The van der Waals surface area contributed by atoms with Gasteiger partial charge in [0.05, 0.1) is 11.4 Å². The van der Waals surface area contributed by atoms with Crippen molar-refractivity contribution in [3.8, 4) is 5.69 Å². The van der Waals surface area contributed by atoms with E-state index in [1.807, 2.05) is 37.0 Å². The molecule has 1 fully saturated rings. The lowest BCUT2D eigenvalue weighted by Gasteiger charge is -2.24. The van der Waals surface area contributed by atoms with Gasteiger partial charge < -0.3 is 10.6 Å². The number of aromatic nitrogens is 2. The largest absolute Gasteiger partial charge is 0.355 e. The van der Waals surface area contributed by atoms with E-state index in [0.29, 0.717) is 11.3 Å². The normalized spacial score (nSPS) is 20.7. The molecule has 0 bridgehead atoms. The van der Waals surface area contributed by atoms with Gasteiger partial charge in [-0.25, -0.2) is 4.68 Å². The summed E-state index contributed by atoms with van der Waals surface area (Å²) in [5.41, 5.74) is 3.30. The average molecular weight is 358 g/mol. The lowest BCUT2D eigenvalue weighted by Crippen LogP contribution is -2.43. The molecule has 1 aromatic carbocycles. The zero-order chi connectivity index (χ0) is 17.7. The van der Waals surface area contributed by atoms with Crippen LogP contribution in [0.3, 0.4) is 0 Å². The van der Waals surface area contributed by atoms with Crippen LogP contribution in [0.5, 0.6) is 0 Å². The van der Waals surface area contributed by atoms with Crippen molar-refractivity contribution in [1.29, 1.82) is 0 Å². The summed E-state index contributed by atoms with van der Waals surface area (Å²) in [5, 5.41) is 11.4. The number of hydrogen-bond acceptors (Lipinski definition) is 3. The molecule has 0 aliphatic carbocycles. The van der Waals surface area contributed by atoms with E-state index in [4.69, 9.17) is 0 Å². The lowest BCUT2D eigenvalue weighted by molar-refractivity contribution is 0.584. The highest BCUT2D eigenvalue weighted by atomic mass is 32.2. The van der Waals surface area contributed by atoms with Crippen LogP contribution in [-0.4, -0.2) is 39.8 Å². The highest BCUT2D eigenvalue weighted by Gasteiger charge is 2.29. The SMILES string of the molecule is CN=C(NCc1ccccc1-n1ccc(C)n1)NCC1(C)CCCS1. The standard InChI is InChI=1S/C19H27N5S/c1-15-9-11-24(23-15)17-8-5-4-7-16(17)13-21-18(20-3)22-14-19(2)10-6-12-25-19/h4-5,7-9,11H,6,10,12-14H2,1-3H3,(H2,20,21,22). The Morgan fingerprint density at radius 2 is 2.16 bits per heavy atom. The van der Waals surface area contributed by atoms with Crippen molar-refractivity contribution >= 4 is 17.7 Å². The third-order valence-electron chi connectivity index (χ3n) is 4.56. The fourth-order valence-corrected chi connectivity index (χ4v) is 4.32. The number of nitrogens with zero attached hydrogens (tertiary/aromatic N) is 3. The van der Waals surface area contributed by atoms with Crippen LogP contribution in [0.25, 0.3) is 5.69 Å². The molecule has 1 aliphatic rings. The van der Waals surface area contributed by atoms with Gasteiger partial charge >= 0.3 is 0 Å². The van der Waals surface area contributed by atoms with Gasteiger partial charge in [0.2, 0.25) is 0 Å². The van der Waals surface area contributed by atoms with Crippen LogP contribution in [-0.2, 0) is 6.54 Å². The first-order valence-corrected chi connectivity index (χ1v) is 9.77. The summed E-state index contributed by atoms with van der Waals surface area (Å²) >= 11 is 2.06. The van der Waals surface area contributed by atoms with Gasteiger partial charge in [-0.15, -0.1) is 0 Å². The van der Waals surface area contributed by atoms with Crippen LogP contribution >= 0.6 is 11.8 Å². The van der Waals surface area contributed by atoms with Gasteiger partial charge in [0.1, 0.15) is 0 Å². The average Bonchev–Trinajstić information content (AvgIpc) is 3.24. The molecule has 0 amide bonds. The molecule has 3 rings (SSSR count). The molecule has 1 aliphatic heterocycles. The molecule has 1 atom stereocenters. The number of aliphatic imine (C=N–C) groups is 1. The number of guanidine groups is 1. The van der Waals surface area contributed by atoms with Crippen molar-refractivity contribution in [2.75, 3.05) is 19.3 Å². The van der Waals surface area contributed by atoms with Gasteiger partial charge in [-0.2, -0.15) is 16.9 Å². The summed E-state index contributed by atoms with van der Waals surface area (Å²) in [4.78, 5) is 4.36. The smallest absolute Gasteiger partial charge is 0.191 e. The second-order valence-corrected chi connectivity index (χ2v) is 8.39. The van der Waals surface area contributed by atoms with Crippen LogP contribution in [0, 0.1) is 6.92 Å². The Labute approximate surface area is 154 Å². The number of aryl methyl sites for hydroxylation is 1. The van der Waals surface area contributed by atoms with Crippen molar-refractivity contribution in [3.63, 3.8) is 0 Å². The minimum atomic E-state index is 0.322. The van der Waals surface area contributed by atoms with E-state index in [1.165, 1.54) is 24.2 Å². The zero-order valence-corrected chi connectivity index (χ0v) is 16.1. The summed E-state index contributed by atoms with van der Waals surface area (Å²) in [6.45, 7) is 5.99. The quantitative estimate of drug-likeness (QED) is 0.638. The highest BCUT2D eigenvalue weighted by Crippen LogP contribution is 2.36. The van der Waals surface area contributed by atoms with E-state index in [0.717, 1.165) is 23.9 Å². The minimum Gasteiger partial charge on any atom is -0.355 e. The zero-order valence-electron chi connectivity index (χ0n) is 15.2. The topological polar surface area (TPSA) is 54.2 Å². The highest BCUT2D eigenvalue weighted by molar-refractivity contribution is 8.00. The molecule has 0 saturated carbocycles. The summed E-state index contributed by atoms with van der Waals surface area (Å²) in [6, 6.07) is 10.3. The summed E-state index contributed by atoms with van der Waals surface area (Å²) in [5.74, 6) is 2.11. The van der Waals surface area contributed by atoms with Gasteiger partial charge in [0.25, 0.3) is 0 Å². The Balaban J connectivity index is 1.62. The maximum absolute atomic E-state index is 4.53. The molecule has 2 heterocycles. The van der Waals surface area contributed by atoms with Gasteiger partial charge in [-0.3, -0.25) is 4.99 Å². The van der Waals surface area contributed by atoms with E-state index >= 15 is 0 Å². The molecule has 2 aromatic rings. The number of hydrogen-bond donors (Lipinski definition) is 2. The third-order valence-corrected chi connectivity index (χ3v) is 6.10. The van der Waals surface area contributed by atoms with E-state index in [2.05, 4.69) is 57.6 Å². The van der Waals surface area contributed by atoms with E-state index in [9.17, 15) is 0 Å². The number of nitrogens with one attached hydrogen (secondary N) is 2. The molecule has 25 heavy (non-hydrogen) atoms. The van der Waals surface area contributed by atoms with Crippen molar-refractivity contribution in [2.45, 2.75) is 38.0 Å². The molecule has 134 valence electrons. The third kappa shape index (κ3) is 4.57. The van der Waals surface area contributed by atoms with Crippen LogP contribution in [0.1, 0.15) is 31.0 Å². The van der Waals surface area contributed by atoms with E-state index in [1.54, 1.807) is 0 Å². The Hall–Kier alpha value is -1.95. The second-order valence-electron chi connectivity index (χ2n) is 6.71. The first-order chi connectivity index (χ1) is 12.1. The molecule has 1 unspecified atom stereocenters. The van der Waals surface area contributed by atoms with Gasteiger partial charge in [-0.1, -0.05) is 18.2 Å². The molecule has 6 heteroatoms. The second kappa shape index (κ2) is 7.95. The van der Waals surface area contributed by atoms with Crippen molar-refractivity contribution in [1.82, 2.24) is 20.4 Å². The minimum absolute atomic E-state index is 0.322. The molecular weight excluding hydrogens is 330 g/mol. The first-order valence-electron chi connectivity index (χ1n) is 8.79.